The largest absolute Gasteiger partial charge is 1.00 e. The molecule has 0 aromatic carbocycles. The SMILES string of the molecule is NC(=O)CCS(=O)(=O)[O-].[Na+]. The van der Waals surface area contributed by atoms with E-state index in [1.807, 2.05) is 0 Å². The van der Waals surface area contributed by atoms with Gasteiger partial charge in [0.05, 0.1) is 10.1 Å². The number of amides is 1. The summed E-state index contributed by atoms with van der Waals surface area (Å²) < 4.78 is 29.3. The van der Waals surface area contributed by atoms with Crippen molar-refractivity contribution in [3.8, 4) is 0 Å². The Morgan fingerprint density at radius 1 is 1.50 bits per heavy atom. The normalized spacial score (nSPS) is 10.1. The van der Waals surface area contributed by atoms with Crippen molar-refractivity contribution in [3.63, 3.8) is 0 Å². The van der Waals surface area contributed by atoms with Crippen molar-refractivity contribution in [2.75, 3.05) is 5.75 Å². The van der Waals surface area contributed by atoms with Crippen molar-refractivity contribution < 1.29 is 47.3 Å². The number of carbonyl (C=O) groups is 1. The van der Waals surface area contributed by atoms with Crippen LogP contribution in [0.1, 0.15) is 6.42 Å². The summed E-state index contributed by atoms with van der Waals surface area (Å²) in [5.41, 5.74) is 4.56. The molecule has 0 bridgehead atoms. The molecule has 10 heavy (non-hydrogen) atoms. The molecule has 0 aliphatic rings. The van der Waals surface area contributed by atoms with E-state index in [1.165, 1.54) is 0 Å². The zero-order valence-corrected chi connectivity index (χ0v) is 8.35. The van der Waals surface area contributed by atoms with Gasteiger partial charge >= 0.3 is 29.6 Å². The van der Waals surface area contributed by atoms with Crippen molar-refractivity contribution in [2.24, 2.45) is 5.73 Å². The molecule has 0 aromatic heterocycles. The van der Waals surface area contributed by atoms with Gasteiger partial charge in [0, 0.05) is 12.2 Å². The molecule has 0 saturated heterocycles. The average Bonchev–Trinajstić information content (AvgIpc) is 1.59. The minimum absolute atomic E-state index is 0. The smallest absolute Gasteiger partial charge is 0.748 e. The van der Waals surface area contributed by atoms with Gasteiger partial charge in [-0.2, -0.15) is 0 Å². The summed E-state index contributed by atoms with van der Waals surface area (Å²) >= 11 is 0. The van der Waals surface area contributed by atoms with Gasteiger partial charge in [-0.3, -0.25) is 4.79 Å². The molecule has 2 N–H and O–H groups in total. The van der Waals surface area contributed by atoms with Gasteiger partial charge in [0.15, 0.2) is 0 Å². The second kappa shape index (κ2) is 5.09. The van der Waals surface area contributed by atoms with E-state index in [0.29, 0.717) is 0 Å². The number of primary amides is 1. The molecular formula is C3H6NNaO4S. The molecule has 0 heterocycles. The Hall–Kier alpha value is 0.380. The summed E-state index contributed by atoms with van der Waals surface area (Å²) in [6.07, 6.45) is -0.397. The van der Waals surface area contributed by atoms with E-state index in [9.17, 15) is 17.8 Å². The minimum Gasteiger partial charge on any atom is -0.748 e. The average molecular weight is 175 g/mol. The molecule has 1 amide bonds. The van der Waals surface area contributed by atoms with Crippen LogP contribution in [0, 0.1) is 0 Å². The molecule has 0 aliphatic carbocycles. The van der Waals surface area contributed by atoms with Gasteiger partial charge in [-0.05, 0) is 0 Å². The predicted molar refractivity (Wildman–Crippen MR) is 28.4 cm³/mol. The second-order valence-corrected chi connectivity index (χ2v) is 3.00. The second-order valence-electron chi connectivity index (χ2n) is 1.48. The summed E-state index contributed by atoms with van der Waals surface area (Å²) in [6.45, 7) is 0. The predicted octanol–water partition coefficient (Wildman–Crippen LogP) is -4.59. The van der Waals surface area contributed by atoms with Crippen LogP contribution in [-0.4, -0.2) is 24.6 Å². The summed E-state index contributed by atoms with van der Waals surface area (Å²) in [4.78, 5) is 9.86. The molecule has 0 rings (SSSR count). The van der Waals surface area contributed by atoms with Crippen molar-refractivity contribution in [1.29, 1.82) is 0 Å². The van der Waals surface area contributed by atoms with Crippen molar-refractivity contribution >= 4 is 16.0 Å². The number of rotatable bonds is 3. The molecule has 5 nitrogen and oxygen atoms in total. The molecule has 0 aromatic rings. The number of hydrogen-bond acceptors (Lipinski definition) is 4. The summed E-state index contributed by atoms with van der Waals surface area (Å²) in [7, 11) is -4.27. The quantitative estimate of drug-likeness (QED) is 0.344. The Morgan fingerprint density at radius 2 is 1.90 bits per heavy atom. The fourth-order valence-corrected chi connectivity index (χ4v) is 0.677. The van der Waals surface area contributed by atoms with Crippen LogP contribution in [0.5, 0.6) is 0 Å². The van der Waals surface area contributed by atoms with Gasteiger partial charge in [-0.1, -0.05) is 0 Å². The first kappa shape index (κ1) is 13.0. The Balaban J connectivity index is 0. The molecule has 0 radical (unpaired) electrons. The van der Waals surface area contributed by atoms with E-state index in [-0.39, 0.29) is 29.6 Å². The maximum absolute atomic E-state index is 9.86. The number of carbonyl (C=O) groups excluding carboxylic acids is 1. The summed E-state index contributed by atoms with van der Waals surface area (Å²) in [5, 5.41) is 0. The maximum Gasteiger partial charge on any atom is 1.00 e. The van der Waals surface area contributed by atoms with Crippen molar-refractivity contribution in [1.82, 2.24) is 0 Å². The van der Waals surface area contributed by atoms with Crippen LogP contribution in [0.25, 0.3) is 0 Å². The molecule has 0 fully saturated rings. The van der Waals surface area contributed by atoms with Gasteiger partial charge in [-0.25, -0.2) is 8.42 Å². The molecule has 7 heteroatoms. The molecule has 0 unspecified atom stereocenters. The van der Waals surface area contributed by atoms with Gasteiger partial charge in [0.2, 0.25) is 5.91 Å². The van der Waals surface area contributed by atoms with Crippen molar-refractivity contribution in [3.05, 3.63) is 0 Å². The molecular weight excluding hydrogens is 169 g/mol. The number of hydrogen-bond donors (Lipinski definition) is 1. The topological polar surface area (TPSA) is 100 Å². The van der Waals surface area contributed by atoms with Gasteiger partial charge in [0.25, 0.3) is 0 Å². The molecule has 54 valence electrons. The first-order valence-corrected chi connectivity index (χ1v) is 3.71. The summed E-state index contributed by atoms with van der Waals surface area (Å²) in [6, 6.07) is 0. The molecule has 0 atom stereocenters. The van der Waals surface area contributed by atoms with Crippen LogP contribution in [0.4, 0.5) is 0 Å². The summed E-state index contributed by atoms with van der Waals surface area (Å²) in [5.74, 6) is -1.49. The maximum atomic E-state index is 9.86. The van der Waals surface area contributed by atoms with E-state index in [2.05, 4.69) is 5.73 Å². The van der Waals surface area contributed by atoms with E-state index in [0.717, 1.165) is 0 Å². The molecule has 0 saturated carbocycles. The first-order valence-electron chi connectivity index (χ1n) is 2.14. The Bertz CT molecular complexity index is 199. The Labute approximate surface area is 81.0 Å². The third-order valence-corrected chi connectivity index (χ3v) is 1.30. The van der Waals surface area contributed by atoms with Crippen LogP contribution in [0.3, 0.4) is 0 Å². The Kier molecular flexibility index (Phi) is 6.61. The third-order valence-electron chi connectivity index (χ3n) is 0.598. The van der Waals surface area contributed by atoms with Crippen LogP contribution in [0.2, 0.25) is 0 Å². The van der Waals surface area contributed by atoms with Crippen molar-refractivity contribution in [2.45, 2.75) is 6.42 Å². The monoisotopic (exact) mass is 175 g/mol. The van der Waals surface area contributed by atoms with Gasteiger partial charge in [0.1, 0.15) is 0 Å². The van der Waals surface area contributed by atoms with Gasteiger partial charge < -0.3 is 10.3 Å². The van der Waals surface area contributed by atoms with E-state index in [4.69, 9.17) is 0 Å². The Morgan fingerprint density at radius 3 is 2.00 bits per heavy atom. The van der Waals surface area contributed by atoms with Crippen LogP contribution >= 0.6 is 0 Å². The van der Waals surface area contributed by atoms with Gasteiger partial charge in [-0.15, -0.1) is 0 Å². The fourth-order valence-electron chi connectivity index (χ4n) is 0.226. The zero-order chi connectivity index (χ0) is 7.49. The van der Waals surface area contributed by atoms with Crippen LogP contribution < -0.4 is 35.3 Å². The van der Waals surface area contributed by atoms with E-state index in [1.54, 1.807) is 0 Å². The fraction of sp³-hybridized carbons (Fsp3) is 0.667. The molecule has 0 spiro atoms. The first-order chi connectivity index (χ1) is 3.92. The standard InChI is InChI=1S/C3H7NO4S.Na/c4-3(5)1-2-9(6,7)8;/h1-2H2,(H2,4,5)(H,6,7,8);/q;+1/p-1. The van der Waals surface area contributed by atoms with Crippen LogP contribution in [-0.2, 0) is 14.9 Å². The third kappa shape index (κ3) is 11.2. The zero-order valence-electron chi connectivity index (χ0n) is 5.53. The number of nitrogens with two attached hydrogens (primary N) is 1. The minimum atomic E-state index is -4.27. The van der Waals surface area contributed by atoms with E-state index < -0.39 is 28.2 Å². The molecule has 0 aliphatic heterocycles. The van der Waals surface area contributed by atoms with Crippen LogP contribution in [0.15, 0.2) is 0 Å². The van der Waals surface area contributed by atoms with E-state index >= 15 is 0 Å².